The Morgan fingerprint density at radius 1 is 1.28 bits per heavy atom. The van der Waals surface area contributed by atoms with E-state index in [0.29, 0.717) is 5.39 Å². The van der Waals surface area contributed by atoms with E-state index in [-0.39, 0.29) is 5.56 Å². The first-order valence-corrected chi connectivity index (χ1v) is 6.18. The third-order valence-electron chi connectivity index (χ3n) is 2.56. The molecule has 3 rings (SSSR count). The van der Waals surface area contributed by atoms with Crippen molar-refractivity contribution in [2.75, 3.05) is 0 Å². The molecule has 0 radical (unpaired) electrons. The standard InChI is InChI=1S/C12H10N4OS/c1-16-7-10(6-14-16)18-9-3-2-8-5-13-15-12(17)11(8)4-9/h2-7H,1H3,(H,15,17). The Bertz CT molecular complexity index is 762. The van der Waals surface area contributed by atoms with Gasteiger partial charge in [-0.3, -0.25) is 9.48 Å². The molecule has 0 unspecified atom stereocenters. The summed E-state index contributed by atoms with van der Waals surface area (Å²) in [4.78, 5) is 13.7. The van der Waals surface area contributed by atoms with Crippen LogP contribution in [0.5, 0.6) is 0 Å². The van der Waals surface area contributed by atoms with Crippen LogP contribution in [0.25, 0.3) is 10.8 Å². The number of nitrogens with zero attached hydrogens (tertiary/aromatic N) is 3. The maximum absolute atomic E-state index is 11.6. The summed E-state index contributed by atoms with van der Waals surface area (Å²) in [5.74, 6) is 0. The van der Waals surface area contributed by atoms with Gasteiger partial charge in [-0.1, -0.05) is 17.8 Å². The molecule has 90 valence electrons. The predicted octanol–water partition coefficient (Wildman–Crippen LogP) is 1.81. The molecule has 2 aromatic heterocycles. The highest BCUT2D eigenvalue weighted by atomic mass is 32.2. The minimum Gasteiger partial charge on any atom is -0.275 e. The maximum Gasteiger partial charge on any atom is 0.272 e. The number of aryl methyl sites for hydroxylation is 1. The van der Waals surface area contributed by atoms with E-state index >= 15 is 0 Å². The van der Waals surface area contributed by atoms with Crippen molar-refractivity contribution in [2.45, 2.75) is 9.79 Å². The molecule has 0 atom stereocenters. The van der Waals surface area contributed by atoms with Crippen molar-refractivity contribution in [2.24, 2.45) is 7.05 Å². The number of hydrogen-bond acceptors (Lipinski definition) is 4. The van der Waals surface area contributed by atoms with Crippen molar-refractivity contribution in [1.82, 2.24) is 20.0 Å². The van der Waals surface area contributed by atoms with E-state index in [1.807, 2.05) is 31.4 Å². The summed E-state index contributed by atoms with van der Waals surface area (Å²) in [6.45, 7) is 0. The maximum atomic E-state index is 11.6. The normalized spacial score (nSPS) is 10.9. The molecule has 5 nitrogen and oxygen atoms in total. The van der Waals surface area contributed by atoms with Gasteiger partial charge in [-0.05, 0) is 12.1 Å². The van der Waals surface area contributed by atoms with Gasteiger partial charge in [-0.25, -0.2) is 5.10 Å². The molecule has 1 N–H and O–H groups in total. The molecule has 0 spiro atoms. The van der Waals surface area contributed by atoms with Crippen LogP contribution in [0, 0.1) is 0 Å². The minimum atomic E-state index is -0.166. The molecule has 0 fully saturated rings. The average molecular weight is 258 g/mol. The highest BCUT2D eigenvalue weighted by Gasteiger charge is 2.03. The van der Waals surface area contributed by atoms with Gasteiger partial charge in [0.25, 0.3) is 5.56 Å². The van der Waals surface area contributed by atoms with Crippen LogP contribution >= 0.6 is 11.8 Å². The Labute approximate surface area is 107 Å². The van der Waals surface area contributed by atoms with Gasteiger partial charge < -0.3 is 0 Å². The fourth-order valence-corrected chi connectivity index (χ4v) is 2.61. The molecule has 0 saturated heterocycles. The number of hydrogen-bond donors (Lipinski definition) is 1. The third-order valence-corrected chi connectivity index (χ3v) is 3.49. The van der Waals surface area contributed by atoms with E-state index in [1.54, 1.807) is 28.8 Å². The third kappa shape index (κ3) is 2.02. The number of H-pyrrole nitrogens is 1. The summed E-state index contributed by atoms with van der Waals surface area (Å²) in [6, 6.07) is 5.74. The highest BCUT2D eigenvalue weighted by Crippen LogP contribution is 2.28. The van der Waals surface area contributed by atoms with Gasteiger partial charge in [0.2, 0.25) is 0 Å². The molecular formula is C12H10N4OS. The summed E-state index contributed by atoms with van der Waals surface area (Å²) < 4.78 is 1.75. The second-order valence-corrected chi connectivity index (χ2v) is 5.05. The van der Waals surface area contributed by atoms with Crippen LogP contribution in [0.1, 0.15) is 0 Å². The van der Waals surface area contributed by atoms with Crippen LogP contribution in [0.15, 0.2) is 51.4 Å². The van der Waals surface area contributed by atoms with E-state index in [1.165, 1.54) is 0 Å². The zero-order valence-corrected chi connectivity index (χ0v) is 10.4. The van der Waals surface area contributed by atoms with Crippen LogP contribution in [0.4, 0.5) is 0 Å². The summed E-state index contributed by atoms with van der Waals surface area (Å²) in [7, 11) is 1.88. The molecule has 0 aliphatic heterocycles. The van der Waals surface area contributed by atoms with E-state index in [9.17, 15) is 4.79 Å². The van der Waals surface area contributed by atoms with Crippen LogP contribution in [0.3, 0.4) is 0 Å². The van der Waals surface area contributed by atoms with Gasteiger partial charge in [-0.2, -0.15) is 10.2 Å². The van der Waals surface area contributed by atoms with Crippen molar-refractivity contribution in [3.8, 4) is 0 Å². The SMILES string of the molecule is Cn1cc(Sc2ccc3cn[nH]c(=O)c3c2)cn1. The zero-order chi connectivity index (χ0) is 12.5. The molecule has 0 amide bonds. The first-order chi connectivity index (χ1) is 8.72. The molecule has 1 aromatic carbocycles. The predicted molar refractivity (Wildman–Crippen MR) is 69.7 cm³/mol. The number of rotatable bonds is 2. The van der Waals surface area contributed by atoms with Crippen molar-refractivity contribution in [3.63, 3.8) is 0 Å². The Balaban J connectivity index is 2.03. The smallest absolute Gasteiger partial charge is 0.272 e. The van der Waals surface area contributed by atoms with E-state index in [4.69, 9.17) is 0 Å². The quantitative estimate of drug-likeness (QED) is 0.761. The zero-order valence-electron chi connectivity index (χ0n) is 9.62. The number of aromatic nitrogens is 4. The second kappa shape index (κ2) is 4.30. The monoisotopic (exact) mass is 258 g/mol. The Morgan fingerprint density at radius 2 is 2.17 bits per heavy atom. The van der Waals surface area contributed by atoms with Crippen LogP contribution in [-0.4, -0.2) is 20.0 Å². The van der Waals surface area contributed by atoms with Gasteiger partial charge in [0, 0.05) is 23.5 Å². The van der Waals surface area contributed by atoms with E-state index in [2.05, 4.69) is 15.3 Å². The minimum absolute atomic E-state index is 0.166. The summed E-state index contributed by atoms with van der Waals surface area (Å²) in [5, 5.41) is 11.8. The molecular weight excluding hydrogens is 248 g/mol. The second-order valence-electron chi connectivity index (χ2n) is 3.90. The van der Waals surface area contributed by atoms with Gasteiger partial charge in [-0.15, -0.1) is 0 Å². The molecule has 18 heavy (non-hydrogen) atoms. The summed E-state index contributed by atoms with van der Waals surface area (Å²) in [6.07, 6.45) is 5.38. The molecule has 3 aromatic rings. The van der Waals surface area contributed by atoms with Crippen molar-refractivity contribution >= 4 is 22.5 Å². The van der Waals surface area contributed by atoms with Crippen molar-refractivity contribution in [3.05, 3.63) is 47.1 Å². The van der Waals surface area contributed by atoms with Crippen LogP contribution in [-0.2, 0) is 7.05 Å². The van der Waals surface area contributed by atoms with Crippen molar-refractivity contribution < 1.29 is 0 Å². The topological polar surface area (TPSA) is 63.6 Å². The number of aromatic amines is 1. The molecule has 0 aliphatic carbocycles. The van der Waals surface area contributed by atoms with E-state index in [0.717, 1.165) is 15.2 Å². The van der Waals surface area contributed by atoms with Gasteiger partial charge in [0.05, 0.1) is 22.7 Å². The lowest BCUT2D eigenvalue weighted by molar-refractivity contribution is 0.766. The lowest BCUT2D eigenvalue weighted by atomic mass is 10.2. The van der Waals surface area contributed by atoms with Crippen LogP contribution < -0.4 is 5.56 Å². The lowest BCUT2D eigenvalue weighted by Crippen LogP contribution is -2.07. The average Bonchev–Trinajstić information content (AvgIpc) is 2.76. The number of fused-ring (bicyclic) bond motifs is 1. The molecule has 0 bridgehead atoms. The Hall–Kier alpha value is -2.08. The first kappa shape index (κ1) is 11.0. The van der Waals surface area contributed by atoms with Gasteiger partial charge in [0.1, 0.15) is 0 Å². The molecule has 6 heteroatoms. The van der Waals surface area contributed by atoms with Crippen molar-refractivity contribution in [1.29, 1.82) is 0 Å². The molecule has 2 heterocycles. The largest absolute Gasteiger partial charge is 0.275 e. The first-order valence-electron chi connectivity index (χ1n) is 5.36. The Kier molecular flexibility index (Phi) is 2.64. The molecule has 0 aliphatic rings. The van der Waals surface area contributed by atoms with Gasteiger partial charge in [0.15, 0.2) is 0 Å². The highest BCUT2D eigenvalue weighted by molar-refractivity contribution is 7.99. The fraction of sp³-hybridized carbons (Fsp3) is 0.0833. The number of nitrogens with one attached hydrogen (secondary N) is 1. The molecule has 0 saturated carbocycles. The summed E-state index contributed by atoms with van der Waals surface area (Å²) in [5.41, 5.74) is -0.166. The van der Waals surface area contributed by atoms with E-state index < -0.39 is 0 Å². The Morgan fingerprint density at radius 3 is 2.94 bits per heavy atom. The number of benzene rings is 1. The van der Waals surface area contributed by atoms with Gasteiger partial charge >= 0.3 is 0 Å². The summed E-state index contributed by atoms with van der Waals surface area (Å²) >= 11 is 1.58. The van der Waals surface area contributed by atoms with Crippen LogP contribution in [0.2, 0.25) is 0 Å². The fourth-order valence-electron chi connectivity index (χ4n) is 1.72. The lowest BCUT2D eigenvalue weighted by Gasteiger charge is -2.00.